The van der Waals surface area contributed by atoms with Crippen molar-refractivity contribution >= 4 is 0 Å². The van der Waals surface area contributed by atoms with E-state index in [1.165, 1.54) is 0 Å². The Hall–Kier alpha value is -0.180. The molecule has 0 aromatic heterocycles. The number of alkyl halides is 2. The summed E-state index contributed by atoms with van der Waals surface area (Å²) in [5.41, 5.74) is 0. The molecule has 0 bridgehead atoms. The molecule has 0 rings (SSSR count). The quantitative estimate of drug-likeness (QED) is 0.684. The molecule has 0 heterocycles. The van der Waals surface area contributed by atoms with Crippen molar-refractivity contribution in [3.63, 3.8) is 0 Å². The summed E-state index contributed by atoms with van der Waals surface area (Å²) in [6, 6.07) is 0.209. The van der Waals surface area contributed by atoms with E-state index in [1.807, 2.05) is 27.7 Å². The maximum Gasteiger partial charge on any atom is 0.240 e. The number of rotatable bonds is 5. The largest absolute Gasteiger partial charge is 0.311 e. The second kappa shape index (κ2) is 5.46. The molecule has 3 heteroatoms. The van der Waals surface area contributed by atoms with E-state index in [9.17, 15) is 8.78 Å². The van der Waals surface area contributed by atoms with Gasteiger partial charge in [0.15, 0.2) is 0 Å². The van der Waals surface area contributed by atoms with Crippen LogP contribution in [-0.4, -0.2) is 18.5 Å². The third kappa shape index (κ3) is 5.47. The van der Waals surface area contributed by atoms with Crippen molar-refractivity contribution in [2.45, 2.75) is 52.6 Å². The third-order valence-corrected chi connectivity index (χ3v) is 1.78. The Morgan fingerprint density at radius 2 is 1.58 bits per heavy atom. The van der Waals surface area contributed by atoms with E-state index in [0.717, 1.165) is 0 Å². The van der Waals surface area contributed by atoms with Gasteiger partial charge in [-0.2, -0.15) is 0 Å². The number of halogens is 2. The normalized spacial score (nSPS) is 14.8. The van der Waals surface area contributed by atoms with Gasteiger partial charge in [0.25, 0.3) is 0 Å². The van der Waals surface area contributed by atoms with Crippen LogP contribution in [-0.2, 0) is 0 Å². The summed E-state index contributed by atoms with van der Waals surface area (Å²) in [4.78, 5) is 0. The Balaban J connectivity index is 3.87. The van der Waals surface area contributed by atoms with Crippen LogP contribution in [0, 0.1) is 5.92 Å². The lowest BCUT2D eigenvalue weighted by molar-refractivity contribution is 0.111. The van der Waals surface area contributed by atoms with Crippen LogP contribution in [0.3, 0.4) is 0 Å². The molecule has 0 fully saturated rings. The van der Waals surface area contributed by atoms with Crippen LogP contribution in [0.15, 0.2) is 0 Å². The van der Waals surface area contributed by atoms with Gasteiger partial charge in [-0.1, -0.05) is 27.7 Å². The first-order valence-corrected chi connectivity index (χ1v) is 4.47. The smallest absolute Gasteiger partial charge is 0.240 e. The van der Waals surface area contributed by atoms with Crippen LogP contribution in [0.1, 0.15) is 34.1 Å². The highest BCUT2D eigenvalue weighted by molar-refractivity contribution is 4.73. The van der Waals surface area contributed by atoms with Crippen molar-refractivity contribution in [1.82, 2.24) is 5.32 Å². The van der Waals surface area contributed by atoms with E-state index < -0.39 is 6.43 Å². The molecule has 0 radical (unpaired) electrons. The Labute approximate surface area is 73.5 Å². The van der Waals surface area contributed by atoms with Gasteiger partial charge in [-0.3, -0.25) is 0 Å². The van der Waals surface area contributed by atoms with Crippen molar-refractivity contribution in [3.8, 4) is 0 Å². The van der Waals surface area contributed by atoms with Crippen LogP contribution in [0.2, 0.25) is 0 Å². The minimum absolute atomic E-state index is 0.0458. The van der Waals surface area contributed by atoms with Gasteiger partial charge in [0, 0.05) is 18.5 Å². The molecular weight excluding hydrogens is 160 g/mol. The summed E-state index contributed by atoms with van der Waals surface area (Å²) < 4.78 is 24.1. The monoisotopic (exact) mass is 179 g/mol. The Morgan fingerprint density at radius 3 is 1.83 bits per heavy atom. The lowest BCUT2D eigenvalue weighted by Gasteiger charge is -2.24. The first kappa shape index (κ1) is 11.8. The van der Waals surface area contributed by atoms with E-state index in [-0.39, 0.29) is 24.4 Å². The van der Waals surface area contributed by atoms with Crippen molar-refractivity contribution in [2.24, 2.45) is 5.92 Å². The van der Waals surface area contributed by atoms with Gasteiger partial charge in [-0.05, 0) is 5.92 Å². The summed E-state index contributed by atoms with van der Waals surface area (Å²) in [6.07, 6.45) is -2.25. The summed E-state index contributed by atoms with van der Waals surface area (Å²) >= 11 is 0. The zero-order chi connectivity index (χ0) is 9.72. The Kier molecular flexibility index (Phi) is 5.38. The van der Waals surface area contributed by atoms with Gasteiger partial charge >= 0.3 is 0 Å². The fourth-order valence-corrected chi connectivity index (χ4v) is 1.15. The summed E-state index contributed by atoms with van der Waals surface area (Å²) in [5.74, 6) is 0.265. The minimum atomic E-state index is -2.20. The van der Waals surface area contributed by atoms with Crippen LogP contribution < -0.4 is 5.32 Å². The molecule has 0 unspecified atom stereocenters. The molecular formula is C9H19F2N. The Bertz CT molecular complexity index is 103. The van der Waals surface area contributed by atoms with Crippen molar-refractivity contribution in [1.29, 1.82) is 0 Å². The second-order valence-electron chi connectivity index (χ2n) is 3.80. The predicted molar refractivity (Wildman–Crippen MR) is 47.5 cm³/mol. The highest BCUT2D eigenvalue weighted by Gasteiger charge is 2.18. The average Bonchev–Trinajstić information content (AvgIpc) is 1.83. The van der Waals surface area contributed by atoms with E-state index in [2.05, 4.69) is 5.32 Å². The summed E-state index contributed by atoms with van der Waals surface area (Å²) in [5, 5.41) is 3.13. The number of hydrogen-bond donors (Lipinski definition) is 1. The highest BCUT2D eigenvalue weighted by atomic mass is 19.3. The molecule has 0 aliphatic heterocycles. The standard InChI is InChI=1S/C9H19F2N/c1-6(2)8(5-9(10)11)12-7(3)4/h6-9,12H,5H2,1-4H3/t8-/m0/s1. The fraction of sp³-hybridized carbons (Fsp3) is 1.00. The summed E-state index contributed by atoms with van der Waals surface area (Å²) in [6.45, 7) is 7.87. The lowest BCUT2D eigenvalue weighted by Crippen LogP contribution is -2.39. The van der Waals surface area contributed by atoms with Crippen LogP contribution >= 0.6 is 0 Å². The van der Waals surface area contributed by atoms with Crippen molar-refractivity contribution in [2.75, 3.05) is 0 Å². The zero-order valence-electron chi connectivity index (χ0n) is 8.27. The van der Waals surface area contributed by atoms with Gasteiger partial charge in [0.1, 0.15) is 0 Å². The molecule has 0 aromatic carbocycles. The summed E-state index contributed by atoms with van der Waals surface area (Å²) in [7, 11) is 0. The van der Waals surface area contributed by atoms with Gasteiger partial charge in [0.05, 0.1) is 0 Å². The number of hydrogen-bond acceptors (Lipinski definition) is 1. The van der Waals surface area contributed by atoms with Gasteiger partial charge < -0.3 is 5.32 Å². The molecule has 0 saturated heterocycles. The van der Waals surface area contributed by atoms with Crippen molar-refractivity contribution < 1.29 is 8.78 Å². The maximum absolute atomic E-state index is 12.1. The van der Waals surface area contributed by atoms with E-state index >= 15 is 0 Å². The molecule has 1 N–H and O–H groups in total. The van der Waals surface area contributed by atoms with Gasteiger partial charge in [0.2, 0.25) is 6.43 Å². The van der Waals surface area contributed by atoms with E-state index in [0.29, 0.717) is 0 Å². The van der Waals surface area contributed by atoms with Crippen molar-refractivity contribution in [3.05, 3.63) is 0 Å². The number of nitrogens with one attached hydrogen (secondary N) is 1. The molecule has 1 nitrogen and oxygen atoms in total. The molecule has 0 amide bonds. The molecule has 0 spiro atoms. The molecule has 0 aromatic rings. The van der Waals surface area contributed by atoms with Gasteiger partial charge in [-0.25, -0.2) is 8.78 Å². The van der Waals surface area contributed by atoms with Gasteiger partial charge in [-0.15, -0.1) is 0 Å². The topological polar surface area (TPSA) is 12.0 Å². The fourth-order valence-electron chi connectivity index (χ4n) is 1.15. The SMILES string of the molecule is CC(C)N[C@@H](CC(F)F)C(C)C. The first-order valence-electron chi connectivity index (χ1n) is 4.47. The lowest BCUT2D eigenvalue weighted by atomic mass is 10.0. The molecule has 0 saturated carbocycles. The first-order chi connectivity index (χ1) is 5.43. The van der Waals surface area contributed by atoms with Crippen LogP contribution in [0.4, 0.5) is 8.78 Å². The maximum atomic E-state index is 12.1. The molecule has 0 aliphatic carbocycles. The van der Waals surface area contributed by atoms with E-state index in [4.69, 9.17) is 0 Å². The van der Waals surface area contributed by atoms with Crippen LogP contribution in [0.5, 0.6) is 0 Å². The van der Waals surface area contributed by atoms with Crippen LogP contribution in [0.25, 0.3) is 0 Å². The minimum Gasteiger partial charge on any atom is -0.311 e. The third-order valence-electron chi connectivity index (χ3n) is 1.78. The Morgan fingerprint density at radius 1 is 1.08 bits per heavy atom. The highest BCUT2D eigenvalue weighted by Crippen LogP contribution is 2.12. The molecule has 1 atom stereocenters. The predicted octanol–water partition coefficient (Wildman–Crippen LogP) is 2.66. The molecule has 12 heavy (non-hydrogen) atoms. The second-order valence-corrected chi connectivity index (χ2v) is 3.80. The zero-order valence-corrected chi connectivity index (χ0v) is 8.27. The van der Waals surface area contributed by atoms with E-state index in [1.54, 1.807) is 0 Å². The molecule has 0 aliphatic rings. The molecule has 74 valence electrons. The average molecular weight is 179 g/mol.